The second kappa shape index (κ2) is 8.55. The molecule has 1 aromatic heterocycles. The molecule has 0 spiro atoms. The number of aromatic amines is 1. The number of imidazole rings is 1. The molecule has 0 saturated carbocycles. The average Bonchev–Trinajstić information content (AvgIpc) is 3.21. The van der Waals surface area contributed by atoms with Crippen molar-refractivity contribution in [2.24, 2.45) is 0 Å². The van der Waals surface area contributed by atoms with Crippen molar-refractivity contribution in [1.29, 1.82) is 0 Å². The van der Waals surface area contributed by atoms with Gasteiger partial charge in [-0.3, -0.25) is 14.7 Å². The van der Waals surface area contributed by atoms with Gasteiger partial charge in [-0.15, -0.1) is 12.4 Å². The van der Waals surface area contributed by atoms with E-state index in [0.717, 1.165) is 0 Å². The van der Waals surface area contributed by atoms with Crippen LogP contribution in [0.1, 0.15) is 0 Å². The first-order chi connectivity index (χ1) is 16.1. The fourth-order valence-electron chi connectivity index (χ4n) is 3.94. The largest absolute Gasteiger partial charge is 0.507 e. The first kappa shape index (κ1) is 24.0. The van der Waals surface area contributed by atoms with E-state index in [4.69, 9.17) is 0 Å². The second-order valence-corrected chi connectivity index (χ2v) is 8.96. The van der Waals surface area contributed by atoms with Crippen LogP contribution in [0.5, 0.6) is 11.5 Å². The maximum Gasteiger partial charge on any atom is 0.295 e. The molecule has 0 saturated heterocycles. The predicted octanol–water partition coefficient (Wildman–Crippen LogP) is 5.04. The number of aromatic hydroxyl groups is 2. The molecule has 12 heteroatoms. The second-order valence-electron chi connectivity index (χ2n) is 7.57. The van der Waals surface area contributed by atoms with Crippen molar-refractivity contribution >= 4 is 50.0 Å². The molecule has 10 nitrogen and oxygen atoms in total. The monoisotopic (exact) mass is 513 g/mol. The van der Waals surface area contributed by atoms with Crippen molar-refractivity contribution in [3.05, 3.63) is 76.8 Å². The highest BCUT2D eigenvalue weighted by atomic mass is 35.5. The molecule has 0 bridgehead atoms. The van der Waals surface area contributed by atoms with Gasteiger partial charge in [-0.2, -0.15) is 8.42 Å². The SMILES string of the molecule is Cl.O=[N+]([O-])c1cccc(-c2ccc(-c3nc4c(cc(S(=O)(=O)O)c5cccc(O)c54)[nH]3)c(O)c2)c1. The summed E-state index contributed by atoms with van der Waals surface area (Å²) in [4.78, 5) is 17.5. The molecule has 178 valence electrons. The minimum Gasteiger partial charge on any atom is -0.507 e. The average molecular weight is 514 g/mol. The Labute approximate surface area is 203 Å². The lowest BCUT2D eigenvalue weighted by molar-refractivity contribution is -0.384. The number of aromatic nitrogens is 2. The summed E-state index contributed by atoms with van der Waals surface area (Å²) < 4.78 is 33.5. The molecule has 0 aliphatic rings. The van der Waals surface area contributed by atoms with Gasteiger partial charge >= 0.3 is 0 Å². The van der Waals surface area contributed by atoms with E-state index >= 15 is 0 Å². The van der Waals surface area contributed by atoms with E-state index in [-0.39, 0.29) is 62.8 Å². The summed E-state index contributed by atoms with van der Waals surface area (Å²) in [6, 6.07) is 16.1. The van der Waals surface area contributed by atoms with Crippen LogP contribution in [0.15, 0.2) is 71.6 Å². The maximum atomic E-state index is 11.9. The quantitative estimate of drug-likeness (QED) is 0.147. The Hall–Kier alpha value is -4.19. The first-order valence-electron chi connectivity index (χ1n) is 9.83. The smallest absolute Gasteiger partial charge is 0.295 e. The number of nitro groups is 1. The summed E-state index contributed by atoms with van der Waals surface area (Å²) in [5, 5.41) is 32.3. The van der Waals surface area contributed by atoms with Gasteiger partial charge in [0.25, 0.3) is 15.8 Å². The highest BCUT2D eigenvalue weighted by Crippen LogP contribution is 2.39. The molecule has 0 fully saturated rings. The number of H-pyrrole nitrogens is 1. The topological polar surface area (TPSA) is 167 Å². The van der Waals surface area contributed by atoms with Crippen LogP contribution in [-0.4, -0.2) is 38.1 Å². The molecule has 4 aromatic carbocycles. The van der Waals surface area contributed by atoms with Crippen LogP contribution in [0.4, 0.5) is 5.69 Å². The van der Waals surface area contributed by atoms with Gasteiger partial charge in [0, 0.05) is 17.5 Å². The Morgan fingerprint density at radius 3 is 2.31 bits per heavy atom. The highest BCUT2D eigenvalue weighted by Gasteiger charge is 2.21. The lowest BCUT2D eigenvalue weighted by atomic mass is 10.0. The molecule has 0 aliphatic heterocycles. The van der Waals surface area contributed by atoms with Gasteiger partial charge < -0.3 is 15.2 Å². The van der Waals surface area contributed by atoms with Crippen LogP contribution in [0.2, 0.25) is 0 Å². The zero-order chi connectivity index (χ0) is 24.2. The molecule has 0 radical (unpaired) electrons. The Balaban J connectivity index is 0.00000289. The van der Waals surface area contributed by atoms with E-state index in [1.165, 1.54) is 42.5 Å². The van der Waals surface area contributed by atoms with Gasteiger partial charge in [-0.25, -0.2) is 4.98 Å². The van der Waals surface area contributed by atoms with Crippen molar-refractivity contribution in [2.75, 3.05) is 0 Å². The van der Waals surface area contributed by atoms with Gasteiger partial charge in [-0.05, 0) is 35.4 Å². The summed E-state index contributed by atoms with van der Waals surface area (Å²) in [6.07, 6.45) is 0. The zero-order valence-electron chi connectivity index (χ0n) is 17.5. The minimum atomic E-state index is -4.60. The number of benzene rings is 4. The summed E-state index contributed by atoms with van der Waals surface area (Å²) in [6.45, 7) is 0. The maximum absolute atomic E-state index is 11.9. The molecule has 0 unspecified atom stereocenters. The summed E-state index contributed by atoms with van der Waals surface area (Å²) in [5.74, 6) is -0.210. The molecule has 0 atom stereocenters. The predicted molar refractivity (Wildman–Crippen MR) is 132 cm³/mol. The van der Waals surface area contributed by atoms with E-state index < -0.39 is 19.9 Å². The van der Waals surface area contributed by atoms with Crippen LogP contribution < -0.4 is 0 Å². The van der Waals surface area contributed by atoms with Crippen LogP contribution in [0, 0.1) is 10.1 Å². The number of nitro benzene ring substituents is 1. The van der Waals surface area contributed by atoms with Crippen LogP contribution >= 0.6 is 12.4 Å². The standard InChI is InChI=1S/C23H15N3O7S.ClH/c27-18-6-2-5-16-20(34(31,32)33)11-17-22(21(16)18)25-23(24-17)15-8-7-13(10-19(15)28)12-3-1-4-14(9-12)26(29)30;/h1-11,27-28H,(H,24,25)(H,31,32,33);1H. The molecule has 0 amide bonds. The summed E-state index contributed by atoms with van der Waals surface area (Å²) in [7, 11) is -4.60. The van der Waals surface area contributed by atoms with Gasteiger partial charge in [0.2, 0.25) is 0 Å². The number of non-ortho nitro benzene ring substituents is 1. The minimum absolute atomic E-state index is 0. The molecular weight excluding hydrogens is 498 g/mol. The number of hydrogen-bond donors (Lipinski definition) is 4. The van der Waals surface area contributed by atoms with Crippen molar-refractivity contribution in [2.45, 2.75) is 4.90 Å². The summed E-state index contributed by atoms with van der Waals surface area (Å²) in [5.41, 5.74) is 1.74. The van der Waals surface area contributed by atoms with E-state index in [1.54, 1.807) is 24.3 Å². The zero-order valence-corrected chi connectivity index (χ0v) is 19.2. The van der Waals surface area contributed by atoms with Crippen LogP contribution in [0.25, 0.3) is 44.3 Å². The van der Waals surface area contributed by atoms with E-state index in [2.05, 4.69) is 9.97 Å². The van der Waals surface area contributed by atoms with Crippen molar-refractivity contribution in [3.63, 3.8) is 0 Å². The molecule has 35 heavy (non-hydrogen) atoms. The number of nitrogens with one attached hydrogen (secondary N) is 1. The van der Waals surface area contributed by atoms with E-state index in [0.29, 0.717) is 11.1 Å². The number of nitrogens with zero attached hydrogens (tertiary/aromatic N) is 2. The number of phenols is 2. The first-order valence-corrected chi connectivity index (χ1v) is 11.3. The lowest BCUT2D eigenvalue weighted by Crippen LogP contribution is -1.99. The fraction of sp³-hybridized carbons (Fsp3) is 0. The lowest BCUT2D eigenvalue weighted by Gasteiger charge is -2.06. The van der Waals surface area contributed by atoms with Crippen molar-refractivity contribution in [1.82, 2.24) is 9.97 Å². The van der Waals surface area contributed by atoms with E-state index in [1.807, 2.05) is 0 Å². The molecule has 4 N–H and O–H groups in total. The van der Waals surface area contributed by atoms with Crippen molar-refractivity contribution < 1.29 is 28.1 Å². The Morgan fingerprint density at radius 1 is 0.914 bits per heavy atom. The number of phenolic OH excluding ortho intramolecular Hbond substituents is 2. The van der Waals surface area contributed by atoms with E-state index in [9.17, 15) is 33.3 Å². The third-order valence-electron chi connectivity index (χ3n) is 5.47. The van der Waals surface area contributed by atoms with Gasteiger partial charge in [0.05, 0.1) is 21.4 Å². The third-order valence-corrected chi connectivity index (χ3v) is 6.37. The normalized spacial score (nSPS) is 11.5. The van der Waals surface area contributed by atoms with Crippen molar-refractivity contribution in [3.8, 4) is 34.0 Å². The molecule has 5 aromatic rings. The Bertz CT molecular complexity index is 1750. The van der Waals surface area contributed by atoms with Gasteiger partial charge in [0.1, 0.15) is 27.7 Å². The van der Waals surface area contributed by atoms with Gasteiger partial charge in [0.15, 0.2) is 0 Å². The molecule has 5 rings (SSSR count). The Kier molecular flexibility index (Phi) is 5.85. The van der Waals surface area contributed by atoms with Crippen LogP contribution in [0.3, 0.4) is 0 Å². The number of halogens is 1. The molecular formula is C23H16ClN3O7S. The number of fused-ring (bicyclic) bond motifs is 3. The fourth-order valence-corrected chi connectivity index (χ4v) is 4.65. The molecule has 1 heterocycles. The number of hydrogen-bond acceptors (Lipinski definition) is 7. The van der Waals surface area contributed by atoms with Crippen LogP contribution in [-0.2, 0) is 10.1 Å². The summed E-state index contributed by atoms with van der Waals surface area (Å²) >= 11 is 0. The van der Waals surface area contributed by atoms with Gasteiger partial charge in [-0.1, -0.05) is 30.3 Å². The Morgan fingerprint density at radius 2 is 1.63 bits per heavy atom. The third kappa shape index (κ3) is 4.12. The highest BCUT2D eigenvalue weighted by molar-refractivity contribution is 7.86. The number of rotatable bonds is 4. The molecule has 0 aliphatic carbocycles.